The number of carbonyl (C=O) groups is 1. The molecule has 0 heterocycles. The van der Waals surface area contributed by atoms with Gasteiger partial charge in [-0.3, -0.25) is 4.79 Å². The lowest BCUT2D eigenvalue weighted by atomic mass is 10.2. The van der Waals surface area contributed by atoms with Crippen molar-refractivity contribution >= 4 is 5.91 Å². The Morgan fingerprint density at radius 2 is 1.30 bits per heavy atom. The molecule has 3 rings (SSSR count). The summed E-state index contributed by atoms with van der Waals surface area (Å²) in [6.07, 6.45) is 0. The topological polar surface area (TPSA) is 84.3 Å². The lowest BCUT2D eigenvalue weighted by Gasteiger charge is -2.12. The highest BCUT2D eigenvalue weighted by Gasteiger charge is 2.10. The highest BCUT2D eigenvalue weighted by Crippen LogP contribution is 2.25. The van der Waals surface area contributed by atoms with E-state index in [0.717, 1.165) is 11.1 Å². The zero-order chi connectivity index (χ0) is 18.9. The summed E-state index contributed by atoms with van der Waals surface area (Å²) in [6, 6.07) is 24.1. The fraction of sp³-hybridized carbons (Fsp3) is 0.0952. The third-order valence-corrected chi connectivity index (χ3v) is 3.76. The van der Waals surface area contributed by atoms with E-state index in [1.807, 2.05) is 60.7 Å². The molecule has 0 unspecified atom stereocenters. The SMILES string of the molecule is [N-]=[N+]=NC(=O)c1cc(OCc2ccccc2)cc(OCc2ccccc2)c1. The van der Waals surface area contributed by atoms with E-state index in [9.17, 15) is 4.79 Å². The van der Waals surface area contributed by atoms with E-state index in [1.54, 1.807) is 6.07 Å². The van der Waals surface area contributed by atoms with Crippen molar-refractivity contribution in [2.75, 3.05) is 0 Å². The van der Waals surface area contributed by atoms with Gasteiger partial charge in [-0.05, 0) is 33.9 Å². The van der Waals surface area contributed by atoms with Crippen LogP contribution in [0, 0.1) is 0 Å². The van der Waals surface area contributed by atoms with E-state index in [1.165, 1.54) is 12.1 Å². The summed E-state index contributed by atoms with van der Waals surface area (Å²) in [5.41, 5.74) is 10.7. The Balaban J connectivity index is 1.79. The quantitative estimate of drug-likeness (QED) is 0.326. The second-order valence-electron chi connectivity index (χ2n) is 5.74. The molecule has 0 saturated heterocycles. The molecule has 6 nitrogen and oxygen atoms in total. The number of ether oxygens (including phenoxy) is 2. The summed E-state index contributed by atoms with van der Waals surface area (Å²) < 4.78 is 11.6. The van der Waals surface area contributed by atoms with Gasteiger partial charge in [0.1, 0.15) is 24.7 Å². The monoisotopic (exact) mass is 359 g/mol. The first-order valence-electron chi connectivity index (χ1n) is 8.32. The van der Waals surface area contributed by atoms with Crippen LogP contribution in [0.3, 0.4) is 0 Å². The van der Waals surface area contributed by atoms with Crippen molar-refractivity contribution < 1.29 is 14.3 Å². The lowest BCUT2D eigenvalue weighted by molar-refractivity contribution is 0.0999. The average molecular weight is 359 g/mol. The molecule has 27 heavy (non-hydrogen) atoms. The molecular weight excluding hydrogens is 342 g/mol. The van der Waals surface area contributed by atoms with E-state index < -0.39 is 5.91 Å². The lowest BCUT2D eigenvalue weighted by Crippen LogP contribution is -2.01. The van der Waals surface area contributed by atoms with Crippen LogP contribution in [0.1, 0.15) is 21.5 Å². The minimum Gasteiger partial charge on any atom is -0.489 e. The number of hydrogen-bond acceptors (Lipinski definition) is 3. The molecule has 0 spiro atoms. The molecule has 0 aliphatic carbocycles. The van der Waals surface area contributed by atoms with Gasteiger partial charge in [0.15, 0.2) is 0 Å². The summed E-state index contributed by atoms with van der Waals surface area (Å²) in [5, 5.41) is 3.14. The molecule has 0 bridgehead atoms. The largest absolute Gasteiger partial charge is 0.489 e. The standard InChI is InChI=1S/C21H17N3O3/c22-24-23-21(25)18-11-19(26-14-16-7-3-1-4-8-16)13-20(12-18)27-15-17-9-5-2-6-10-17/h1-13H,14-15H2. The van der Waals surface area contributed by atoms with Crippen molar-refractivity contribution in [2.45, 2.75) is 13.2 Å². The smallest absolute Gasteiger partial charge is 0.249 e. The molecule has 0 radical (unpaired) electrons. The van der Waals surface area contributed by atoms with Gasteiger partial charge in [0.25, 0.3) is 0 Å². The highest BCUT2D eigenvalue weighted by molar-refractivity contribution is 5.95. The molecule has 0 N–H and O–H groups in total. The number of amides is 1. The van der Waals surface area contributed by atoms with Crippen molar-refractivity contribution in [3.63, 3.8) is 0 Å². The number of carbonyl (C=O) groups excluding carboxylic acids is 1. The van der Waals surface area contributed by atoms with E-state index in [0.29, 0.717) is 24.7 Å². The Hall–Kier alpha value is -3.76. The van der Waals surface area contributed by atoms with E-state index >= 15 is 0 Å². The van der Waals surface area contributed by atoms with Gasteiger partial charge in [-0.1, -0.05) is 60.7 Å². The first-order valence-corrected chi connectivity index (χ1v) is 8.32. The van der Waals surface area contributed by atoms with Crippen LogP contribution in [0.25, 0.3) is 10.4 Å². The van der Waals surface area contributed by atoms with Crippen LogP contribution in [0.5, 0.6) is 11.5 Å². The van der Waals surface area contributed by atoms with E-state index in [2.05, 4.69) is 10.0 Å². The molecule has 1 amide bonds. The first kappa shape index (κ1) is 18.0. The average Bonchev–Trinajstić information content (AvgIpc) is 2.72. The third kappa shape index (κ3) is 5.36. The Bertz CT molecular complexity index is 891. The Morgan fingerprint density at radius 1 is 0.815 bits per heavy atom. The molecule has 0 aliphatic heterocycles. The zero-order valence-electron chi connectivity index (χ0n) is 14.5. The van der Waals surface area contributed by atoms with E-state index in [-0.39, 0.29) is 5.56 Å². The van der Waals surface area contributed by atoms with E-state index in [4.69, 9.17) is 15.0 Å². The summed E-state index contributed by atoms with van der Waals surface area (Å²) in [5.74, 6) is 0.231. The van der Waals surface area contributed by atoms with Crippen LogP contribution >= 0.6 is 0 Å². The van der Waals surface area contributed by atoms with Crippen LogP contribution < -0.4 is 9.47 Å². The predicted molar refractivity (Wildman–Crippen MR) is 101 cm³/mol. The summed E-state index contributed by atoms with van der Waals surface area (Å²) in [4.78, 5) is 14.5. The molecule has 0 saturated carbocycles. The molecule has 3 aromatic carbocycles. The van der Waals surface area contributed by atoms with Gasteiger partial charge in [-0.2, -0.15) is 0 Å². The van der Waals surface area contributed by atoms with Crippen molar-refractivity contribution in [3.8, 4) is 11.5 Å². The molecule has 0 aliphatic rings. The maximum Gasteiger partial charge on any atom is 0.249 e. The number of azide groups is 1. The van der Waals surface area contributed by atoms with Gasteiger partial charge in [0.05, 0.1) is 0 Å². The second-order valence-corrected chi connectivity index (χ2v) is 5.74. The van der Waals surface area contributed by atoms with Crippen molar-refractivity contribution in [1.29, 1.82) is 0 Å². The Morgan fingerprint density at radius 3 is 1.74 bits per heavy atom. The number of rotatable bonds is 7. The predicted octanol–water partition coefficient (Wildman–Crippen LogP) is 5.30. The maximum absolute atomic E-state index is 12.0. The number of hydrogen-bond donors (Lipinski definition) is 0. The van der Waals surface area contributed by atoms with Gasteiger partial charge < -0.3 is 9.47 Å². The van der Waals surface area contributed by atoms with Gasteiger partial charge >= 0.3 is 0 Å². The first-order chi connectivity index (χ1) is 13.2. The maximum atomic E-state index is 12.0. The third-order valence-electron chi connectivity index (χ3n) is 3.76. The number of nitrogens with zero attached hydrogens (tertiary/aromatic N) is 3. The fourth-order valence-electron chi connectivity index (χ4n) is 2.44. The molecule has 0 fully saturated rings. The van der Waals surface area contributed by atoms with Crippen LogP contribution in [0.15, 0.2) is 84.0 Å². The zero-order valence-corrected chi connectivity index (χ0v) is 14.5. The molecule has 0 atom stereocenters. The van der Waals surface area contributed by atoms with Crippen molar-refractivity contribution in [1.82, 2.24) is 0 Å². The molecule has 134 valence electrons. The molecule has 3 aromatic rings. The molecular formula is C21H17N3O3. The Kier molecular flexibility index (Phi) is 6.07. The molecule has 6 heteroatoms. The number of benzene rings is 3. The summed E-state index contributed by atoms with van der Waals surface area (Å²) in [6.45, 7) is 0.691. The molecule has 0 aromatic heterocycles. The highest BCUT2D eigenvalue weighted by atomic mass is 16.5. The van der Waals surface area contributed by atoms with Crippen LogP contribution in [-0.4, -0.2) is 5.91 Å². The minimum absolute atomic E-state index is 0.210. The van der Waals surface area contributed by atoms with Crippen LogP contribution in [0.2, 0.25) is 0 Å². The van der Waals surface area contributed by atoms with Crippen LogP contribution in [-0.2, 0) is 13.2 Å². The van der Waals surface area contributed by atoms with Crippen molar-refractivity contribution in [2.24, 2.45) is 5.11 Å². The fourth-order valence-corrected chi connectivity index (χ4v) is 2.44. The summed E-state index contributed by atoms with van der Waals surface area (Å²) >= 11 is 0. The van der Waals surface area contributed by atoms with Crippen LogP contribution in [0.4, 0.5) is 0 Å². The Labute approximate surface area is 156 Å². The van der Waals surface area contributed by atoms with Crippen molar-refractivity contribution in [3.05, 3.63) is 106 Å². The van der Waals surface area contributed by atoms with Gasteiger partial charge in [0, 0.05) is 16.5 Å². The normalized spacial score (nSPS) is 9.93. The second kappa shape index (κ2) is 9.08. The van der Waals surface area contributed by atoms with Gasteiger partial charge in [-0.25, -0.2) is 0 Å². The minimum atomic E-state index is -0.688. The van der Waals surface area contributed by atoms with Gasteiger partial charge in [-0.15, -0.1) is 0 Å². The summed E-state index contributed by atoms with van der Waals surface area (Å²) in [7, 11) is 0. The van der Waals surface area contributed by atoms with Gasteiger partial charge in [0.2, 0.25) is 5.91 Å².